The number of aromatic amines is 1. The maximum atomic E-state index is 12.9. The summed E-state index contributed by atoms with van der Waals surface area (Å²) < 4.78 is 5.19. The van der Waals surface area contributed by atoms with Crippen molar-refractivity contribution < 1.29 is 9.53 Å². The number of thioether (sulfide) groups is 1. The Morgan fingerprint density at radius 1 is 1.18 bits per heavy atom. The lowest BCUT2D eigenvalue weighted by atomic mass is 9.96. The van der Waals surface area contributed by atoms with Crippen LogP contribution in [-0.4, -0.2) is 46.2 Å². The molecule has 1 N–H and O–H groups in total. The molecule has 4 rings (SSSR count). The fourth-order valence-corrected chi connectivity index (χ4v) is 4.66. The predicted molar refractivity (Wildman–Crippen MR) is 113 cm³/mol. The predicted octanol–water partition coefficient (Wildman–Crippen LogP) is 4.46. The Bertz CT molecular complexity index is 913. The number of nitrogens with zero attached hydrogens (tertiary/aromatic N) is 2. The number of para-hydroxylation sites is 2. The normalized spacial score (nSPS) is 16.3. The number of carbonyl (C=O) groups is 1. The van der Waals surface area contributed by atoms with Crippen molar-refractivity contribution in [1.82, 2.24) is 14.9 Å². The molecule has 0 radical (unpaired) electrons. The molecule has 0 spiro atoms. The van der Waals surface area contributed by atoms with Gasteiger partial charge in [0.1, 0.15) is 11.6 Å². The van der Waals surface area contributed by atoms with Gasteiger partial charge in [0.2, 0.25) is 5.91 Å². The van der Waals surface area contributed by atoms with E-state index in [1.807, 2.05) is 54.3 Å². The van der Waals surface area contributed by atoms with Crippen molar-refractivity contribution in [2.45, 2.75) is 35.8 Å². The van der Waals surface area contributed by atoms with Crippen LogP contribution in [0.15, 0.2) is 53.4 Å². The molecule has 0 bridgehead atoms. The van der Waals surface area contributed by atoms with Crippen molar-refractivity contribution in [3.63, 3.8) is 0 Å². The maximum Gasteiger partial charge on any atom is 0.235 e. The van der Waals surface area contributed by atoms with E-state index in [-0.39, 0.29) is 11.2 Å². The molecule has 1 aliphatic heterocycles. The van der Waals surface area contributed by atoms with Crippen LogP contribution in [0.2, 0.25) is 0 Å². The lowest BCUT2D eigenvalue weighted by Gasteiger charge is -2.32. The van der Waals surface area contributed by atoms with Crippen LogP contribution < -0.4 is 4.74 Å². The molecule has 3 aromatic rings. The lowest BCUT2D eigenvalue weighted by Crippen LogP contribution is -2.41. The summed E-state index contributed by atoms with van der Waals surface area (Å²) in [5, 5.41) is -0.101. The first-order chi connectivity index (χ1) is 13.6. The zero-order chi connectivity index (χ0) is 19.5. The molecule has 6 heteroatoms. The maximum absolute atomic E-state index is 12.9. The molecule has 146 valence electrons. The third kappa shape index (κ3) is 4.02. The quantitative estimate of drug-likeness (QED) is 0.648. The second kappa shape index (κ2) is 8.27. The molecule has 1 aliphatic rings. The summed E-state index contributed by atoms with van der Waals surface area (Å²) in [4.78, 5) is 24.1. The molecule has 1 unspecified atom stereocenters. The summed E-state index contributed by atoms with van der Waals surface area (Å²) in [6.45, 7) is 3.56. The summed E-state index contributed by atoms with van der Waals surface area (Å²) in [6.07, 6.45) is 1.90. The fourth-order valence-electron chi connectivity index (χ4n) is 3.71. The Labute approximate surface area is 169 Å². The minimum Gasteiger partial charge on any atom is -0.497 e. The van der Waals surface area contributed by atoms with E-state index in [0.29, 0.717) is 5.92 Å². The zero-order valence-electron chi connectivity index (χ0n) is 16.2. The number of amides is 1. The first-order valence-electron chi connectivity index (χ1n) is 9.68. The van der Waals surface area contributed by atoms with Gasteiger partial charge in [-0.2, -0.15) is 0 Å². The molecule has 1 amide bonds. The monoisotopic (exact) mass is 395 g/mol. The molecule has 5 nitrogen and oxygen atoms in total. The summed E-state index contributed by atoms with van der Waals surface area (Å²) in [6, 6.07) is 16.0. The van der Waals surface area contributed by atoms with Gasteiger partial charge in [0, 0.05) is 23.9 Å². The number of hydrogen-bond acceptors (Lipinski definition) is 4. The van der Waals surface area contributed by atoms with Crippen molar-refractivity contribution >= 4 is 28.7 Å². The number of benzene rings is 2. The number of H-pyrrole nitrogens is 1. The molecule has 1 aromatic heterocycles. The molecule has 0 aliphatic carbocycles. The van der Waals surface area contributed by atoms with Gasteiger partial charge in [-0.25, -0.2) is 4.98 Å². The Morgan fingerprint density at radius 3 is 2.57 bits per heavy atom. The smallest absolute Gasteiger partial charge is 0.235 e. The molecule has 0 saturated carbocycles. The Morgan fingerprint density at radius 2 is 1.89 bits per heavy atom. The second-order valence-corrected chi connectivity index (χ2v) is 8.59. The van der Waals surface area contributed by atoms with Gasteiger partial charge >= 0.3 is 0 Å². The van der Waals surface area contributed by atoms with Crippen LogP contribution in [0.4, 0.5) is 0 Å². The lowest BCUT2D eigenvalue weighted by molar-refractivity contribution is -0.131. The van der Waals surface area contributed by atoms with E-state index in [1.54, 1.807) is 18.9 Å². The van der Waals surface area contributed by atoms with Gasteiger partial charge in [-0.1, -0.05) is 12.1 Å². The van der Waals surface area contributed by atoms with Crippen molar-refractivity contribution in [3.05, 3.63) is 54.4 Å². The first-order valence-corrected chi connectivity index (χ1v) is 10.6. The van der Waals surface area contributed by atoms with E-state index in [4.69, 9.17) is 9.72 Å². The number of likely N-dealkylation sites (tertiary alicyclic amines) is 1. The van der Waals surface area contributed by atoms with E-state index in [0.717, 1.165) is 53.4 Å². The molecule has 2 heterocycles. The van der Waals surface area contributed by atoms with E-state index in [9.17, 15) is 4.79 Å². The molecular weight excluding hydrogens is 370 g/mol. The van der Waals surface area contributed by atoms with Crippen molar-refractivity contribution in [2.75, 3.05) is 20.2 Å². The number of hydrogen-bond donors (Lipinski definition) is 1. The number of rotatable bonds is 5. The summed E-state index contributed by atoms with van der Waals surface area (Å²) >= 11 is 1.60. The van der Waals surface area contributed by atoms with Crippen LogP contribution in [0.25, 0.3) is 11.0 Å². The Hall–Kier alpha value is -2.47. The molecular formula is C22H25N3O2S. The summed E-state index contributed by atoms with van der Waals surface area (Å²) in [5.74, 6) is 2.48. The van der Waals surface area contributed by atoms with Crippen molar-refractivity contribution in [2.24, 2.45) is 0 Å². The van der Waals surface area contributed by atoms with Gasteiger partial charge in [0.05, 0.1) is 23.4 Å². The topological polar surface area (TPSA) is 58.2 Å². The van der Waals surface area contributed by atoms with Crippen LogP contribution >= 0.6 is 11.8 Å². The van der Waals surface area contributed by atoms with Crippen molar-refractivity contribution in [3.8, 4) is 5.75 Å². The van der Waals surface area contributed by atoms with Gasteiger partial charge in [-0.3, -0.25) is 4.79 Å². The van der Waals surface area contributed by atoms with E-state index < -0.39 is 0 Å². The van der Waals surface area contributed by atoms with Crippen molar-refractivity contribution in [1.29, 1.82) is 0 Å². The number of imidazole rings is 1. The molecule has 28 heavy (non-hydrogen) atoms. The van der Waals surface area contributed by atoms with Crippen LogP contribution in [0.3, 0.4) is 0 Å². The van der Waals surface area contributed by atoms with Gasteiger partial charge in [-0.05, 0) is 56.2 Å². The highest BCUT2D eigenvalue weighted by atomic mass is 32.2. The highest BCUT2D eigenvalue weighted by Gasteiger charge is 2.28. The van der Waals surface area contributed by atoms with Gasteiger partial charge in [-0.15, -0.1) is 11.8 Å². The zero-order valence-corrected chi connectivity index (χ0v) is 17.0. The molecule has 1 saturated heterocycles. The van der Waals surface area contributed by atoms with E-state index in [1.165, 1.54) is 0 Å². The van der Waals surface area contributed by atoms with Crippen LogP contribution in [0.1, 0.15) is 31.5 Å². The number of aromatic nitrogens is 2. The summed E-state index contributed by atoms with van der Waals surface area (Å²) in [5.41, 5.74) is 2.10. The third-order valence-electron chi connectivity index (χ3n) is 5.32. The third-order valence-corrected chi connectivity index (χ3v) is 6.42. The number of carbonyl (C=O) groups excluding carboxylic acids is 1. The highest BCUT2D eigenvalue weighted by Crippen LogP contribution is 2.30. The van der Waals surface area contributed by atoms with Crippen LogP contribution in [0, 0.1) is 0 Å². The Kier molecular flexibility index (Phi) is 5.57. The minimum absolute atomic E-state index is 0.101. The Balaban J connectivity index is 1.33. The number of ether oxygens (including phenoxy) is 1. The second-order valence-electron chi connectivity index (χ2n) is 7.17. The largest absolute Gasteiger partial charge is 0.497 e. The fraction of sp³-hybridized carbons (Fsp3) is 0.364. The first kappa shape index (κ1) is 18.9. The summed E-state index contributed by atoms with van der Waals surface area (Å²) in [7, 11) is 1.66. The average molecular weight is 396 g/mol. The van der Waals surface area contributed by atoms with E-state index in [2.05, 4.69) is 11.1 Å². The van der Waals surface area contributed by atoms with Gasteiger partial charge in [0.25, 0.3) is 0 Å². The van der Waals surface area contributed by atoms with Gasteiger partial charge in [0.15, 0.2) is 0 Å². The molecule has 1 atom stereocenters. The number of fused-ring (bicyclic) bond motifs is 1. The average Bonchev–Trinajstić information content (AvgIpc) is 3.18. The molecule has 2 aromatic carbocycles. The van der Waals surface area contributed by atoms with E-state index >= 15 is 0 Å². The number of nitrogens with one attached hydrogen (secondary N) is 1. The van der Waals surface area contributed by atoms with Crippen LogP contribution in [0.5, 0.6) is 5.75 Å². The SMILES string of the molecule is COc1ccc(SC(C)C(=O)N2CCC(c3nc4ccccc4[nH]3)CC2)cc1. The van der Waals surface area contributed by atoms with Crippen LogP contribution in [-0.2, 0) is 4.79 Å². The molecule has 1 fully saturated rings. The minimum atomic E-state index is -0.101. The van der Waals surface area contributed by atoms with Gasteiger partial charge < -0.3 is 14.6 Å². The number of methoxy groups -OCH3 is 1. The number of piperidine rings is 1. The standard InChI is InChI=1S/C22H25N3O2S/c1-15(28-18-9-7-17(27-2)8-10-18)22(26)25-13-11-16(12-14-25)21-23-19-5-3-4-6-20(19)24-21/h3-10,15-16H,11-14H2,1-2H3,(H,23,24). The highest BCUT2D eigenvalue weighted by molar-refractivity contribution is 8.00.